The number of hydrogen-bond donors (Lipinski definition) is 1. The van der Waals surface area contributed by atoms with E-state index in [0.29, 0.717) is 6.04 Å². The van der Waals surface area contributed by atoms with Gasteiger partial charge < -0.3 is 5.73 Å². The SMILES string of the molecule is CCC(N)C(c1ccccn1)N1CCC(N(CC)CC)C1. The molecule has 4 heteroatoms. The van der Waals surface area contributed by atoms with Crippen LogP contribution in [0.5, 0.6) is 0 Å². The van der Waals surface area contributed by atoms with Crippen molar-refractivity contribution in [1.29, 1.82) is 0 Å². The summed E-state index contributed by atoms with van der Waals surface area (Å²) in [6.45, 7) is 11.2. The summed E-state index contributed by atoms with van der Waals surface area (Å²) < 4.78 is 0. The Morgan fingerprint density at radius 1 is 1.33 bits per heavy atom. The van der Waals surface area contributed by atoms with E-state index in [1.54, 1.807) is 0 Å². The molecule has 2 N–H and O–H groups in total. The number of nitrogens with two attached hydrogens (primary N) is 1. The van der Waals surface area contributed by atoms with Gasteiger partial charge in [-0.2, -0.15) is 0 Å². The van der Waals surface area contributed by atoms with Crippen molar-refractivity contribution in [3.63, 3.8) is 0 Å². The van der Waals surface area contributed by atoms with Crippen molar-refractivity contribution in [1.82, 2.24) is 14.8 Å². The Labute approximate surface area is 129 Å². The van der Waals surface area contributed by atoms with Gasteiger partial charge in [0.05, 0.1) is 11.7 Å². The number of pyridine rings is 1. The van der Waals surface area contributed by atoms with Gasteiger partial charge >= 0.3 is 0 Å². The van der Waals surface area contributed by atoms with Gasteiger partial charge in [-0.3, -0.25) is 14.8 Å². The van der Waals surface area contributed by atoms with Gasteiger partial charge in [-0.25, -0.2) is 0 Å². The topological polar surface area (TPSA) is 45.4 Å². The van der Waals surface area contributed by atoms with Gasteiger partial charge in [-0.05, 0) is 38.1 Å². The summed E-state index contributed by atoms with van der Waals surface area (Å²) in [5.41, 5.74) is 7.54. The summed E-state index contributed by atoms with van der Waals surface area (Å²) in [4.78, 5) is 9.67. The molecule has 3 unspecified atom stereocenters. The predicted molar refractivity (Wildman–Crippen MR) is 88.1 cm³/mol. The van der Waals surface area contributed by atoms with E-state index in [1.165, 1.54) is 6.42 Å². The van der Waals surface area contributed by atoms with E-state index in [-0.39, 0.29) is 12.1 Å². The Morgan fingerprint density at radius 2 is 2.10 bits per heavy atom. The quantitative estimate of drug-likeness (QED) is 0.837. The number of rotatable bonds is 7. The van der Waals surface area contributed by atoms with Gasteiger partial charge in [0, 0.05) is 31.4 Å². The van der Waals surface area contributed by atoms with Crippen LogP contribution < -0.4 is 5.73 Å². The van der Waals surface area contributed by atoms with Gasteiger partial charge in [0.2, 0.25) is 0 Å². The first-order chi connectivity index (χ1) is 10.2. The molecule has 0 saturated carbocycles. The van der Waals surface area contributed by atoms with Gasteiger partial charge in [-0.1, -0.05) is 26.8 Å². The van der Waals surface area contributed by atoms with Gasteiger partial charge in [0.1, 0.15) is 0 Å². The summed E-state index contributed by atoms with van der Waals surface area (Å²) in [5, 5.41) is 0. The van der Waals surface area contributed by atoms with Crippen molar-refractivity contribution in [2.75, 3.05) is 26.2 Å². The first-order valence-corrected chi connectivity index (χ1v) is 8.35. The zero-order valence-corrected chi connectivity index (χ0v) is 13.7. The van der Waals surface area contributed by atoms with Gasteiger partial charge in [0.25, 0.3) is 0 Å². The fourth-order valence-electron chi connectivity index (χ4n) is 3.51. The molecule has 118 valence electrons. The molecule has 1 aliphatic rings. The lowest BCUT2D eigenvalue weighted by Crippen LogP contribution is -2.43. The fourth-order valence-corrected chi connectivity index (χ4v) is 3.51. The fraction of sp³-hybridized carbons (Fsp3) is 0.706. The van der Waals surface area contributed by atoms with Crippen LogP contribution in [0, 0.1) is 0 Å². The van der Waals surface area contributed by atoms with Crippen LogP contribution in [-0.2, 0) is 0 Å². The van der Waals surface area contributed by atoms with Crippen LogP contribution in [0.2, 0.25) is 0 Å². The highest BCUT2D eigenvalue weighted by Gasteiger charge is 2.34. The molecule has 0 spiro atoms. The highest BCUT2D eigenvalue weighted by Crippen LogP contribution is 2.28. The largest absolute Gasteiger partial charge is 0.326 e. The molecule has 1 fully saturated rings. The molecule has 0 aliphatic carbocycles. The molecule has 4 nitrogen and oxygen atoms in total. The van der Waals surface area contributed by atoms with Crippen molar-refractivity contribution in [2.24, 2.45) is 5.73 Å². The highest BCUT2D eigenvalue weighted by molar-refractivity contribution is 5.12. The van der Waals surface area contributed by atoms with E-state index in [4.69, 9.17) is 5.73 Å². The lowest BCUT2D eigenvalue weighted by Gasteiger charge is -2.33. The molecule has 1 aliphatic heterocycles. The van der Waals surface area contributed by atoms with E-state index in [9.17, 15) is 0 Å². The average Bonchev–Trinajstić information content (AvgIpc) is 2.99. The molecule has 21 heavy (non-hydrogen) atoms. The van der Waals surface area contributed by atoms with Crippen molar-refractivity contribution in [3.8, 4) is 0 Å². The predicted octanol–water partition coefficient (Wildman–Crippen LogP) is 2.28. The summed E-state index contributed by atoms with van der Waals surface area (Å²) in [6, 6.07) is 7.21. The lowest BCUT2D eigenvalue weighted by molar-refractivity contribution is 0.169. The second-order valence-corrected chi connectivity index (χ2v) is 5.93. The molecule has 1 aromatic rings. The minimum atomic E-state index is 0.148. The van der Waals surface area contributed by atoms with Crippen molar-refractivity contribution in [2.45, 2.75) is 51.7 Å². The van der Waals surface area contributed by atoms with E-state index in [2.05, 4.69) is 47.7 Å². The third kappa shape index (κ3) is 3.82. The molecule has 0 amide bonds. The summed E-state index contributed by atoms with van der Waals surface area (Å²) in [7, 11) is 0. The van der Waals surface area contributed by atoms with Crippen molar-refractivity contribution < 1.29 is 0 Å². The first kappa shape index (κ1) is 16.4. The molecule has 0 bridgehead atoms. The smallest absolute Gasteiger partial charge is 0.0674 e. The maximum Gasteiger partial charge on any atom is 0.0674 e. The Bertz CT molecular complexity index is 405. The summed E-state index contributed by atoms with van der Waals surface area (Å²) >= 11 is 0. The third-order valence-electron chi connectivity index (χ3n) is 4.78. The van der Waals surface area contributed by atoms with E-state index in [0.717, 1.165) is 38.3 Å². The number of likely N-dealkylation sites (tertiary alicyclic amines) is 1. The molecule has 3 atom stereocenters. The van der Waals surface area contributed by atoms with Gasteiger partial charge in [0.15, 0.2) is 0 Å². The summed E-state index contributed by atoms with van der Waals surface area (Å²) in [6.07, 6.45) is 4.10. The standard InChI is InChI=1S/C17H30N4/c1-4-15(18)17(16-9-7-8-11-19-16)21-12-10-14(13-21)20(5-2)6-3/h7-9,11,14-15,17H,4-6,10,12-13,18H2,1-3H3. The molecule has 2 rings (SSSR count). The second kappa shape index (κ2) is 7.87. The molecular formula is C17H30N4. The van der Waals surface area contributed by atoms with Crippen LogP contribution in [-0.4, -0.2) is 53.0 Å². The highest BCUT2D eigenvalue weighted by atomic mass is 15.3. The van der Waals surface area contributed by atoms with Crippen LogP contribution >= 0.6 is 0 Å². The van der Waals surface area contributed by atoms with E-state index < -0.39 is 0 Å². The second-order valence-electron chi connectivity index (χ2n) is 5.93. The average molecular weight is 290 g/mol. The Morgan fingerprint density at radius 3 is 2.67 bits per heavy atom. The minimum Gasteiger partial charge on any atom is -0.326 e. The normalized spacial score (nSPS) is 22.6. The Balaban J connectivity index is 2.12. The van der Waals surface area contributed by atoms with Crippen LogP contribution in [0.25, 0.3) is 0 Å². The van der Waals surface area contributed by atoms with Crippen molar-refractivity contribution >= 4 is 0 Å². The minimum absolute atomic E-state index is 0.148. The monoisotopic (exact) mass is 290 g/mol. The van der Waals surface area contributed by atoms with Crippen LogP contribution in [0.4, 0.5) is 0 Å². The number of aromatic nitrogens is 1. The maximum atomic E-state index is 6.42. The molecule has 1 saturated heterocycles. The van der Waals surface area contributed by atoms with Crippen LogP contribution in [0.1, 0.15) is 45.3 Å². The molecule has 0 radical (unpaired) electrons. The zero-order chi connectivity index (χ0) is 15.2. The number of nitrogens with zero attached hydrogens (tertiary/aromatic N) is 3. The van der Waals surface area contributed by atoms with E-state index >= 15 is 0 Å². The number of hydrogen-bond acceptors (Lipinski definition) is 4. The Hall–Kier alpha value is -0.970. The summed E-state index contributed by atoms with van der Waals surface area (Å²) in [5.74, 6) is 0. The molecule has 1 aromatic heterocycles. The molecule has 0 aromatic carbocycles. The molecular weight excluding hydrogens is 260 g/mol. The van der Waals surface area contributed by atoms with Crippen molar-refractivity contribution in [3.05, 3.63) is 30.1 Å². The van der Waals surface area contributed by atoms with Crippen LogP contribution in [0.15, 0.2) is 24.4 Å². The third-order valence-corrected chi connectivity index (χ3v) is 4.78. The maximum absolute atomic E-state index is 6.42. The van der Waals surface area contributed by atoms with Gasteiger partial charge in [-0.15, -0.1) is 0 Å². The Kier molecular flexibility index (Phi) is 6.15. The lowest BCUT2D eigenvalue weighted by atomic mass is 10.0. The van der Waals surface area contributed by atoms with Crippen LogP contribution in [0.3, 0.4) is 0 Å². The number of likely N-dealkylation sites (N-methyl/N-ethyl adjacent to an activating group) is 1. The molecule has 2 heterocycles. The van der Waals surface area contributed by atoms with E-state index in [1.807, 2.05) is 12.3 Å². The first-order valence-electron chi connectivity index (χ1n) is 8.35. The zero-order valence-electron chi connectivity index (χ0n) is 13.7.